The summed E-state index contributed by atoms with van der Waals surface area (Å²) < 4.78 is 10.6. The summed E-state index contributed by atoms with van der Waals surface area (Å²) in [5.41, 5.74) is 4.44. The molecule has 0 spiro atoms. The minimum atomic E-state index is -0.840. The third kappa shape index (κ3) is 9.57. The summed E-state index contributed by atoms with van der Waals surface area (Å²) in [6.45, 7) is 2.09. The van der Waals surface area contributed by atoms with Gasteiger partial charge in [-0.15, -0.1) is 0 Å². The fourth-order valence-electron chi connectivity index (χ4n) is 6.02. The highest BCUT2D eigenvalue weighted by Crippen LogP contribution is 2.23. The molecule has 0 saturated carbocycles. The normalized spacial score (nSPS) is 12.5. The fourth-order valence-corrected chi connectivity index (χ4v) is 6.02. The van der Waals surface area contributed by atoms with Crippen molar-refractivity contribution in [2.24, 2.45) is 0 Å². The second-order valence-corrected chi connectivity index (χ2v) is 12.7. The first-order chi connectivity index (χ1) is 25.2. The smallest absolute Gasteiger partial charge is 0.251 e. The maximum absolute atomic E-state index is 13.8. The molecule has 5 aromatic rings. The molecule has 2 N–H and O–H groups in total. The monoisotopic (exact) mass is 698 g/mol. The van der Waals surface area contributed by atoms with E-state index in [0.717, 1.165) is 22.6 Å². The topological polar surface area (TPSA) is 100 Å². The van der Waals surface area contributed by atoms with Crippen LogP contribution in [0.5, 0.6) is 11.5 Å². The Morgan fingerprint density at radius 1 is 0.577 bits per heavy atom. The van der Waals surface area contributed by atoms with Crippen molar-refractivity contribution in [3.05, 3.63) is 156 Å². The molecule has 0 heterocycles. The zero-order valence-electron chi connectivity index (χ0n) is 30.3. The summed E-state index contributed by atoms with van der Waals surface area (Å²) in [6.07, 6.45) is 0.925. The van der Waals surface area contributed by atoms with Gasteiger partial charge in [0, 0.05) is 49.1 Å². The molecule has 52 heavy (non-hydrogen) atoms. The highest BCUT2D eigenvalue weighted by Gasteiger charge is 2.27. The van der Waals surface area contributed by atoms with Crippen LogP contribution in [0.2, 0.25) is 0 Å². The molecule has 5 rings (SSSR count). The van der Waals surface area contributed by atoms with Crippen LogP contribution in [0.15, 0.2) is 133 Å². The van der Waals surface area contributed by atoms with Crippen LogP contribution in [0.4, 0.5) is 11.4 Å². The van der Waals surface area contributed by atoms with Gasteiger partial charge in [-0.25, -0.2) is 0 Å². The van der Waals surface area contributed by atoms with Crippen molar-refractivity contribution < 1.29 is 23.9 Å². The summed E-state index contributed by atoms with van der Waals surface area (Å²) in [6, 6.07) is 39.9. The summed E-state index contributed by atoms with van der Waals surface area (Å²) in [5, 5.41) is 6.19. The molecule has 268 valence electrons. The number of amides is 3. The quantitative estimate of drug-likeness (QED) is 0.128. The first-order valence-electron chi connectivity index (χ1n) is 17.2. The van der Waals surface area contributed by atoms with Crippen molar-refractivity contribution in [3.63, 3.8) is 0 Å². The molecule has 0 radical (unpaired) electrons. The van der Waals surface area contributed by atoms with E-state index < -0.39 is 11.9 Å². The van der Waals surface area contributed by atoms with Gasteiger partial charge in [-0.1, -0.05) is 60.7 Å². The van der Waals surface area contributed by atoms with E-state index in [1.807, 2.05) is 79.8 Å². The van der Waals surface area contributed by atoms with Crippen LogP contribution in [0.25, 0.3) is 0 Å². The van der Waals surface area contributed by atoms with Gasteiger partial charge in [0.2, 0.25) is 5.91 Å². The maximum Gasteiger partial charge on any atom is 0.251 e. The van der Waals surface area contributed by atoms with Gasteiger partial charge in [0.25, 0.3) is 11.8 Å². The molecule has 0 bridgehead atoms. The SMILES string of the molecule is COc1ccc(N(C)C(=O)[C@H](Cc2ccccc2)NC(=O)c2ccc(C(=O)NC(Cc3ccccc3)C(C)N(C)c3ccc(OC)cc3)cc2)cc1. The van der Waals surface area contributed by atoms with Gasteiger partial charge in [-0.3, -0.25) is 14.4 Å². The van der Waals surface area contributed by atoms with Gasteiger partial charge in [0.15, 0.2) is 0 Å². The minimum absolute atomic E-state index is 0.0715. The number of nitrogens with zero attached hydrogens (tertiary/aromatic N) is 2. The van der Waals surface area contributed by atoms with E-state index in [0.29, 0.717) is 35.4 Å². The molecule has 9 heteroatoms. The average Bonchev–Trinajstić information content (AvgIpc) is 3.20. The van der Waals surface area contributed by atoms with E-state index in [2.05, 4.69) is 34.6 Å². The van der Waals surface area contributed by atoms with E-state index in [4.69, 9.17) is 9.47 Å². The van der Waals surface area contributed by atoms with E-state index in [1.165, 1.54) is 4.90 Å². The van der Waals surface area contributed by atoms with Gasteiger partial charge in [0.1, 0.15) is 17.5 Å². The number of carbonyl (C=O) groups excluding carboxylic acids is 3. The number of carbonyl (C=O) groups is 3. The van der Waals surface area contributed by atoms with E-state index in [9.17, 15) is 14.4 Å². The van der Waals surface area contributed by atoms with Crippen molar-refractivity contribution in [2.75, 3.05) is 38.1 Å². The minimum Gasteiger partial charge on any atom is -0.497 e. The van der Waals surface area contributed by atoms with Crippen LogP contribution < -0.4 is 29.9 Å². The molecule has 5 aromatic carbocycles. The Kier molecular flexibility index (Phi) is 12.7. The van der Waals surface area contributed by atoms with Crippen LogP contribution in [-0.4, -0.2) is 64.2 Å². The molecular formula is C43H46N4O5. The van der Waals surface area contributed by atoms with E-state index in [-0.39, 0.29) is 23.9 Å². The molecule has 9 nitrogen and oxygen atoms in total. The second kappa shape index (κ2) is 17.7. The van der Waals surface area contributed by atoms with Gasteiger partial charge in [-0.05, 0) is 97.3 Å². The van der Waals surface area contributed by atoms with Crippen LogP contribution >= 0.6 is 0 Å². The average molecular weight is 699 g/mol. The first-order valence-corrected chi connectivity index (χ1v) is 17.2. The third-order valence-corrected chi connectivity index (χ3v) is 9.37. The highest BCUT2D eigenvalue weighted by molar-refractivity contribution is 6.03. The number of anilines is 2. The zero-order valence-corrected chi connectivity index (χ0v) is 30.3. The summed E-state index contributed by atoms with van der Waals surface area (Å²) in [7, 11) is 6.91. The molecule has 0 aliphatic heterocycles. The Morgan fingerprint density at radius 2 is 1.02 bits per heavy atom. The number of nitrogens with one attached hydrogen (secondary N) is 2. The lowest BCUT2D eigenvalue weighted by atomic mass is 9.98. The standard InChI is InChI=1S/C43H46N4O5/c1-30(46(2)35-20-24-37(51-4)25-21-35)39(28-31-12-8-6-9-13-31)44-41(48)33-16-18-34(19-17-33)42(49)45-40(29-32-14-10-7-11-15-32)43(50)47(3)36-22-26-38(52-5)27-23-36/h6-27,30,39-40H,28-29H2,1-5H3,(H,44,48)(H,45,49)/t30?,39?,40-/m0/s1. The van der Waals surface area contributed by atoms with Crippen LogP contribution in [0, 0.1) is 0 Å². The largest absolute Gasteiger partial charge is 0.497 e. The zero-order chi connectivity index (χ0) is 37.0. The Bertz CT molecular complexity index is 1900. The van der Waals surface area contributed by atoms with Crippen LogP contribution in [0.1, 0.15) is 38.8 Å². The summed E-state index contributed by atoms with van der Waals surface area (Å²) >= 11 is 0. The fraction of sp³-hybridized carbons (Fsp3) is 0.233. The van der Waals surface area contributed by atoms with Crippen LogP contribution in [-0.2, 0) is 17.6 Å². The number of rotatable bonds is 15. The van der Waals surface area contributed by atoms with Gasteiger partial charge < -0.3 is 29.9 Å². The number of hydrogen-bond acceptors (Lipinski definition) is 6. The Balaban J connectivity index is 1.30. The van der Waals surface area contributed by atoms with Gasteiger partial charge >= 0.3 is 0 Å². The number of methoxy groups -OCH3 is 2. The molecule has 2 unspecified atom stereocenters. The molecule has 0 aliphatic carbocycles. The molecule has 0 saturated heterocycles. The summed E-state index contributed by atoms with van der Waals surface area (Å²) in [4.78, 5) is 44.7. The number of ether oxygens (including phenoxy) is 2. The van der Waals surface area contributed by atoms with Gasteiger partial charge in [-0.2, -0.15) is 0 Å². The van der Waals surface area contributed by atoms with Crippen molar-refractivity contribution in [2.45, 2.75) is 37.9 Å². The number of likely N-dealkylation sites (N-methyl/N-ethyl adjacent to an activating group) is 2. The summed E-state index contributed by atoms with van der Waals surface area (Å²) in [5.74, 6) is 0.520. The van der Waals surface area contributed by atoms with E-state index >= 15 is 0 Å². The molecule has 0 aliphatic rings. The number of hydrogen-bond donors (Lipinski definition) is 2. The van der Waals surface area contributed by atoms with Crippen molar-refractivity contribution >= 4 is 29.1 Å². The van der Waals surface area contributed by atoms with Crippen molar-refractivity contribution in [3.8, 4) is 11.5 Å². The second-order valence-electron chi connectivity index (χ2n) is 12.7. The Hall–Kier alpha value is -6.09. The van der Waals surface area contributed by atoms with Gasteiger partial charge in [0.05, 0.1) is 20.3 Å². The maximum atomic E-state index is 13.8. The lowest BCUT2D eigenvalue weighted by Crippen LogP contribution is -2.50. The third-order valence-electron chi connectivity index (χ3n) is 9.37. The molecule has 3 amide bonds. The molecule has 0 fully saturated rings. The molecule has 0 aromatic heterocycles. The van der Waals surface area contributed by atoms with Crippen molar-refractivity contribution in [1.29, 1.82) is 0 Å². The Labute approximate surface area is 306 Å². The Morgan fingerprint density at radius 3 is 1.50 bits per heavy atom. The highest BCUT2D eigenvalue weighted by atomic mass is 16.5. The lowest BCUT2D eigenvalue weighted by molar-refractivity contribution is -0.120. The van der Waals surface area contributed by atoms with E-state index in [1.54, 1.807) is 69.8 Å². The predicted octanol–water partition coefficient (Wildman–Crippen LogP) is 6.57. The van der Waals surface area contributed by atoms with Crippen LogP contribution in [0.3, 0.4) is 0 Å². The molecule has 3 atom stereocenters. The molecular weight excluding hydrogens is 652 g/mol. The lowest BCUT2D eigenvalue weighted by Gasteiger charge is -2.34. The predicted molar refractivity (Wildman–Crippen MR) is 207 cm³/mol. The first kappa shape index (κ1) is 37.2. The number of benzene rings is 5. The van der Waals surface area contributed by atoms with Crippen molar-refractivity contribution in [1.82, 2.24) is 10.6 Å².